The van der Waals surface area contributed by atoms with Gasteiger partial charge in [0.2, 0.25) is 0 Å². The highest BCUT2D eigenvalue weighted by molar-refractivity contribution is 6.09. The molecule has 0 aliphatic rings. The fourth-order valence-corrected chi connectivity index (χ4v) is 2.76. The van der Waals surface area contributed by atoms with Gasteiger partial charge in [-0.25, -0.2) is 0 Å². The third kappa shape index (κ3) is 3.40. The smallest absolute Gasteiger partial charge is 0.166 e. The Morgan fingerprint density at radius 3 is 2.64 bits per heavy atom. The van der Waals surface area contributed by atoms with Crippen LogP contribution in [0.15, 0.2) is 48.7 Å². The molecule has 1 heterocycles. The van der Waals surface area contributed by atoms with Crippen molar-refractivity contribution in [2.75, 3.05) is 12.4 Å². The first-order valence-corrected chi connectivity index (χ1v) is 8.19. The van der Waals surface area contributed by atoms with Crippen molar-refractivity contribution in [2.24, 2.45) is 0 Å². The number of hydrogen-bond donors (Lipinski definition) is 2. The zero-order valence-electron chi connectivity index (χ0n) is 14.2. The van der Waals surface area contributed by atoms with Gasteiger partial charge in [-0.05, 0) is 36.8 Å². The number of fused-ring (bicyclic) bond motifs is 1. The molecule has 0 aliphatic heterocycles. The number of nitrogens with one attached hydrogen (secondary N) is 1. The number of carbonyl (C=O) groups is 1. The van der Waals surface area contributed by atoms with E-state index in [9.17, 15) is 9.90 Å². The Hall–Kier alpha value is -3.08. The molecule has 0 bridgehead atoms. The average molecular weight is 336 g/mol. The van der Waals surface area contributed by atoms with E-state index in [0.29, 0.717) is 28.9 Å². The van der Waals surface area contributed by atoms with E-state index in [1.165, 1.54) is 0 Å². The predicted molar refractivity (Wildman–Crippen MR) is 98.9 cm³/mol. The first kappa shape index (κ1) is 16.8. The van der Waals surface area contributed by atoms with Crippen molar-refractivity contribution in [1.82, 2.24) is 4.98 Å². The van der Waals surface area contributed by atoms with E-state index in [4.69, 9.17) is 4.74 Å². The van der Waals surface area contributed by atoms with Crippen molar-refractivity contribution >= 4 is 28.1 Å². The largest absolute Gasteiger partial charge is 0.508 e. The molecule has 25 heavy (non-hydrogen) atoms. The molecular weight excluding hydrogens is 316 g/mol. The lowest BCUT2D eigenvalue weighted by molar-refractivity contribution is 0.0982. The van der Waals surface area contributed by atoms with Crippen molar-refractivity contribution in [3.05, 3.63) is 54.2 Å². The topological polar surface area (TPSA) is 71.5 Å². The summed E-state index contributed by atoms with van der Waals surface area (Å²) in [5.74, 6) is 0.885. The standard InChI is InChI=1S/C20H20N2O3/c1-3-5-17(24)16-12-21-20-15(6-4-7-18(20)25-2)19(16)22-13-8-10-14(23)11-9-13/h4,6-12,23H,3,5H2,1-2H3,(H,21,22). The number of Topliss-reactive ketones (excluding diaryl/α,β-unsaturated/α-hetero) is 1. The van der Waals surface area contributed by atoms with Crippen molar-refractivity contribution in [3.8, 4) is 11.5 Å². The molecule has 0 fully saturated rings. The van der Waals surface area contributed by atoms with E-state index >= 15 is 0 Å². The van der Waals surface area contributed by atoms with Gasteiger partial charge in [0, 0.05) is 23.7 Å². The number of carbonyl (C=O) groups excluding carboxylic acids is 1. The molecule has 0 spiro atoms. The second-order valence-corrected chi connectivity index (χ2v) is 5.75. The normalized spacial score (nSPS) is 10.6. The summed E-state index contributed by atoms with van der Waals surface area (Å²) in [6.07, 6.45) is 2.83. The van der Waals surface area contributed by atoms with Crippen LogP contribution >= 0.6 is 0 Å². The van der Waals surface area contributed by atoms with Gasteiger partial charge >= 0.3 is 0 Å². The third-order valence-electron chi connectivity index (χ3n) is 3.99. The minimum absolute atomic E-state index is 0.0426. The van der Waals surface area contributed by atoms with Crippen LogP contribution in [0.4, 0.5) is 11.4 Å². The quantitative estimate of drug-likeness (QED) is 0.505. The highest BCUT2D eigenvalue weighted by atomic mass is 16.5. The number of phenolic OH excluding ortho intramolecular Hbond substituents is 1. The molecule has 0 atom stereocenters. The van der Waals surface area contributed by atoms with E-state index < -0.39 is 0 Å². The molecule has 0 radical (unpaired) electrons. The summed E-state index contributed by atoms with van der Waals surface area (Å²) >= 11 is 0. The van der Waals surface area contributed by atoms with Crippen molar-refractivity contribution in [2.45, 2.75) is 19.8 Å². The molecular formula is C20H20N2O3. The van der Waals surface area contributed by atoms with Crippen LogP contribution in [0.1, 0.15) is 30.1 Å². The predicted octanol–water partition coefficient (Wildman–Crippen LogP) is 4.68. The van der Waals surface area contributed by atoms with Gasteiger partial charge in [0.25, 0.3) is 0 Å². The van der Waals surface area contributed by atoms with Crippen molar-refractivity contribution < 1.29 is 14.6 Å². The number of aromatic nitrogens is 1. The number of methoxy groups -OCH3 is 1. The summed E-state index contributed by atoms with van der Waals surface area (Å²) < 4.78 is 5.39. The van der Waals surface area contributed by atoms with Gasteiger partial charge in [-0.15, -0.1) is 0 Å². The van der Waals surface area contributed by atoms with Crippen LogP contribution in [0.5, 0.6) is 11.5 Å². The highest BCUT2D eigenvalue weighted by Gasteiger charge is 2.17. The summed E-state index contributed by atoms with van der Waals surface area (Å²) in [7, 11) is 1.60. The van der Waals surface area contributed by atoms with Crippen LogP contribution in [-0.2, 0) is 0 Å². The van der Waals surface area contributed by atoms with Crippen LogP contribution in [-0.4, -0.2) is 23.0 Å². The number of ether oxygens (including phenoxy) is 1. The number of anilines is 2. The van der Waals surface area contributed by atoms with E-state index in [0.717, 1.165) is 17.5 Å². The summed E-state index contributed by atoms with van der Waals surface area (Å²) in [4.78, 5) is 17.0. The van der Waals surface area contributed by atoms with Crippen LogP contribution in [0.25, 0.3) is 10.9 Å². The molecule has 1 aromatic heterocycles. The maximum Gasteiger partial charge on any atom is 0.166 e. The Kier molecular flexibility index (Phi) is 4.84. The third-order valence-corrected chi connectivity index (χ3v) is 3.99. The summed E-state index contributed by atoms with van der Waals surface area (Å²) in [5, 5.41) is 13.6. The molecule has 3 aromatic rings. The lowest BCUT2D eigenvalue weighted by Crippen LogP contribution is -2.06. The summed E-state index contributed by atoms with van der Waals surface area (Å²) in [6.45, 7) is 1.97. The maximum absolute atomic E-state index is 12.6. The fraction of sp³-hybridized carbons (Fsp3) is 0.200. The van der Waals surface area contributed by atoms with Crippen LogP contribution in [0.2, 0.25) is 0 Å². The van der Waals surface area contributed by atoms with Gasteiger partial charge in [-0.2, -0.15) is 0 Å². The molecule has 2 aromatic carbocycles. The summed E-state index contributed by atoms with van der Waals surface area (Å²) in [6, 6.07) is 12.3. The van der Waals surface area contributed by atoms with E-state index in [2.05, 4.69) is 10.3 Å². The molecule has 0 aliphatic carbocycles. The number of benzene rings is 2. The molecule has 5 nitrogen and oxygen atoms in total. The van der Waals surface area contributed by atoms with Crippen LogP contribution < -0.4 is 10.1 Å². The lowest BCUT2D eigenvalue weighted by atomic mass is 10.0. The van der Waals surface area contributed by atoms with E-state index in [1.54, 1.807) is 37.6 Å². The van der Waals surface area contributed by atoms with Crippen LogP contribution in [0, 0.1) is 0 Å². The van der Waals surface area contributed by atoms with Crippen LogP contribution in [0.3, 0.4) is 0 Å². The Morgan fingerprint density at radius 2 is 1.96 bits per heavy atom. The van der Waals surface area contributed by atoms with E-state index in [1.807, 2.05) is 25.1 Å². The first-order valence-electron chi connectivity index (χ1n) is 8.19. The van der Waals surface area contributed by atoms with Gasteiger partial charge in [0.05, 0.1) is 18.4 Å². The molecule has 2 N–H and O–H groups in total. The number of para-hydroxylation sites is 1. The molecule has 0 unspecified atom stereocenters. The van der Waals surface area contributed by atoms with E-state index in [-0.39, 0.29) is 11.5 Å². The Morgan fingerprint density at radius 1 is 1.20 bits per heavy atom. The Bertz CT molecular complexity index is 905. The maximum atomic E-state index is 12.6. The Balaban J connectivity index is 2.17. The Labute approximate surface area is 146 Å². The zero-order valence-corrected chi connectivity index (χ0v) is 14.2. The number of aromatic hydroxyl groups is 1. The van der Waals surface area contributed by atoms with Gasteiger partial charge in [0.1, 0.15) is 17.0 Å². The average Bonchev–Trinajstić information content (AvgIpc) is 2.63. The second-order valence-electron chi connectivity index (χ2n) is 5.75. The highest BCUT2D eigenvalue weighted by Crippen LogP contribution is 2.34. The number of phenols is 1. The molecule has 3 rings (SSSR count). The van der Waals surface area contributed by atoms with Crippen molar-refractivity contribution in [3.63, 3.8) is 0 Å². The number of rotatable bonds is 6. The monoisotopic (exact) mass is 336 g/mol. The molecule has 0 saturated heterocycles. The molecule has 0 saturated carbocycles. The van der Waals surface area contributed by atoms with Gasteiger partial charge in [-0.1, -0.05) is 19.1 Å². The molecule has 128 valence electrons. The summed E-state index contributed by atoms with van der Waals surface area (Å²) in [5.41, 5.74) is 2.72. The number of hydrogen-bond acceptors (Lipinski definition) is 5. The number of pyridine rings is 1. The van der Waals surface area contributed by atoms with Gasteiger partial charge in [-0.3, -0.25) is 9.78 Å². The molecule has 5 heteroatoms. The SMILES string of the molecule is CCCC(=O)c1cnc2c(OC)cccc2c1Nc1ccc(O)cc1. The zero-order chi connectivity index (χ0) is 17.8. The number of ketones is 1. The second kappa shape index (κ2) is 7.21. The van der Waals surface area contributed by atoms with Gasteiger partial charge < -0.3 is 15.2 Å². The minimum Gasteiger partial charge on any atom is -0.508 e. The molecule has 0 amide bonds. The fourth-order valence-electron chi connectivity index (χ4n) is 2.76. The first-order chi connectivity index (χ1) is 12.1. The minimum atomic E-state index is 0.0426. The number of nitrogens with zero attached hydrogens (tertiary/aromatic N) is 1. The van der Waals surface area contributed by atoms with Gasteiger partial charge in [0.15, 0.2) is 5.78 Å². The van der Waals surface area contributed by atoms with Crippen molar-refractivity contribution in [1.29, 1.82) is 0 Å². The lowest BCUT2D eigenvalue weighted by Gasteiger charge is -2.15.